The number of sulfonamides is 1. The summed E-state index contributed by atoms with van der Waals surface area (Å²) in [5.74, 6) is -0.926. The van der Waals surface area contributed by atoms with Crippen LogP contribution in [0.2, 0.25) is 10.0 Å². The Bertz CT molecular complexity index is 1690. The van der Waals surface area contributed by atoms with E-state index in [4.69, 9.17) is 23.2 Å². The second-order valence-electron chi connectivity index (χ2n) is 10.0. The fourth-order valence-electron chi connectivity index (χ4n) is 4.67. The molecule has 0 bridgehead atoms. The molecule has 0 aliphatic rings. The maximum Gasteiger partial charge on any atom is 0.264 e. The summed E-state index contributed by atoms with van der Waals surface area (Å²) in [7, 11) is -4.29. The first kappa shape index (κ1) is 33.5. The van der Waals surface area contributed by atoms with Crippen molar-refractivity contribution in [3.63, 3.8) is 0 Å². The van der Waals surface area contributed by atoms with E-state index in [1.54, 1.807) is 24.3 Å². The summed E-state index contributed by atoms with van der Waals surface area (Å²) in [5.41, 5.74) is 1.66. The number of halogens is 3. The number of benzene rings is 4. The van der Waals surface area contributed by atoms with E-state index >= 15 is 0 Å². The van der Waals surface area contributed by atoms with Gasteiger partial charge in [0.2, 0.25) is 11.8 Å². The SMILES string of the molecule is CCCNC(=O)[C@H](Cc1ccccc1)N(Cc1cccc(Br)c1)C(=O)CN(c1cccc(Cl)c1Cl)S(=O)(=O)c1ccccc1. The van der Waals surface area contributed by atoms with Crippen LogP contribution in [-0.2, 0) is 32.6 Å². The minimum Gasteiger partial charge on any atom is -0.354 e. The molecule has 4 aromatic carbocycles. The Hall–Kier alpha value is -3.37. The van der Waals surface area contributed by atoms with Crippen molar-refractivity contribution in [3.05, 3.63) is 129 Å². The van der Waals surface area contributed by atoms with E-state index in [-0.39, 0.29) is 39.5 Å². The predicted octanol–water partition coefficient (Wildman–Crippen LogP) is 7.12. The molecular weight excluding hydrogens is 685 g/mol. The summed E-state index contributed by atoms with van der Waals surface area (Å²) < 4.78 is 29.9. The Balaban J connectivity index is 1.82. The van der Waals surface area contributed by atoms with E-state index in [2.05, 4.69) is 21.2 Å². The molecule has 7 nitrogen and oxygen atoms in total. The van der Waals surface area contributed by atoms with Crippen LogP contribution in [0.5, 0.6) is 0 Å². The number of carbonyl (C=O) groups excluding carboxylic acids is 2. The predicted molar refractivity (Wildman–Crippen MR) is 179 cm³/mol. The minimum atomic E-state index is -4.29. The summed E-state index contributed by atoms with van der Waals surface area (Å²) in [6, 6.07) is 28.2. The van der Waals surface area contributed by atoms with Gasteiger partial charge in [0.15, 0.2) is 0 Å². The molecule has 11 heteroatoms. The number of nitrogens with one attached hydrogen (secondary N) is 1. The Morgan fingerprint density at radius 1 is 0.864 bits per heavy atom. The van der Waals surface area contributed by atoms with Crippen molar-refractivity contribution in [1.82, 2.24) is 10.2 Å². The lowest BCUT2D eigenvalue weighted by atomic mass is 10.0. The van der Waals surface area contributed by atoms with Crippen LogP contribution in [0.3, 0.4) is 0 Å². The van der Waals surface area contributed by atoms with Crippen LogP contribution in [0.1, 0.15) is 24.5 Å². The average Bonchev–Trinajstić information content (AvgIpc) is 3.02. The lowest BCUT2D eigenvalue weighted by Gasteiger charge is -2.34. The van der Waals surface area contributed by atoms with Crippen molar-refractivity contribution in [3.8, 4) is 0 Å². The van der Waals surface area contributed by atoms with Crippen LogP contribution in [0, 0.1) is 0 Å². The zero-order chi connectivity index (χ0) is 31.7. The third-order valence-electron chi connectivity index (χ3n) is 6.87. The fourth-order valence-corrected chi connectivity index (χ4v) is 7.01. The molecule has 44 heavy (non-hydrogen) atoms. The van der Waals surface area contributed by atoms with Crippen molar-refractivity contribution in [1.29, 1.82) is 0 Å². The molecule has 4 rings (SSSR count). The molecule has 0 fully saturated rings. The summed E-state index contributed by atoms with van der Waals surface area (Å²) in [6.45, 7) is 1.79. The standard InChI is InChI=1S/C33H32BrCl2N3O4S/c1-2-19-37-33(41)30(21-24-11-5-3-6-12-24)38(22-25-13-9-14-26(34)20-25)31(40)23-39(29-18-10-17-28(35)32(29)36)44(42,43)27-15-7-4-8-16-27/h3-18,20,30H,2,19,21-23H2,1H3,(H,37,41)/t30-/m0/s1. The van der Waals surface area contributed by atoms with Gasteiger partial charge < -0.3 is 10.2 Å². The van der Waals surface area contributed by atoms with Crippen molar-refractivity contribution in [2.75, 3.05) is 17.4 Å². The van der Waals surface area contributed by atoms with E-state index < -0.39 is 28.5 Å². The Labute approximate surface area is 277 Å². The molecule has 1 N–H and O–H groups in total. The van der Waals surface area contributed by atoms with Gasteiger partial charge in [-0.15, -0.1) is 0 Å². The van der Waals surface area contributed by atoms with Crippen LogP contribution in [0.15, 0.2) is 112 Å². The molecule has 0 radical (unpaired) electrons. The summed E-state index contributed by atoms with van der Waals surface area (Å²) in [5, 5.41) is 3.05. The van der Waals surface area contributed by atoms with Crippen molar-refractivity contribution in [2.24, 2.45) is 0 Å². The second-order valence-corrected chi connectivity index (χ2v) is 13.6. The van der Waals surface area contributed by atoms with Gasteiger partial charge in [0.05, 0.1) is 20.6 Å². The first-order valence-corrected chi connectivity index (χ1v) is 17.0. The number of hydrogen-bond acceptors (Lipinski definition) is 4. The normalized spacial score (nSPS) is 11.9. The number of anilines is 1. The van der Waals surface area contributed by atoms with Crippen molar-refractivity contribution >= 4 is 66.7 Å². The van der Waals surface area contributed by atoms with Gasteiger partial charge in [-0.3, -0.25) is 13.9 Å². The van der Waals surface area contributed by atoms with Crippen LogP contribution in [0.4, 0.5) is 5.69 Å². The van der Waals surface area contributed by atoms with E-state index in [0.29, 0.717) is 13.0 Å². The minimum absolute atomic E-state index is 0.0125. The molecule has 0 heterocycles. The average molecular weight is 718 g/mol. The molecule has 0 saturated carbocycles. The van der Waals surface area contributed by atoms with Gasteiger partial charge in [-0.2, -0.15) is 0 Å². The third kappa shape index (κ3) is 8.41. The molecule has 0 aliphatic carbocycles. The van der Waals surface area contributed by atoms with Crippen LogP contribution in [0.25, 0.3) is 0 Å². The highest BCUT2D eigenvalue weighted by Crippen LogP contribution is 2.35. The Morgan fingerprint density at radius 3 is 2.16 bits per heavy atom. The first-order valence-electron chi connectivity index (χ1n) is 14.0. The Kier molecular flexibility index (Phi) is 11.9. The summed E-state index contributed by atoms with van der Waals surface area (Å²) in [6.07, 6.45) is 0.930. The number of rotatable bonds is 13. The van der Waals surface area contributed by atoms with Gasteiger partial charge in [0, 0.05) is 24.0 Å². The largest absolute Gasteiger partial charge is 0.354 e. The zero-order valence-electron chi connectivity index (χ0n) is 24.0. The number of amides is 2. The third-order valence-corrected chi connectivity index (χ3v) is 9.95. The highest BCUT2D eigenvalue weighted by molar-refractivity contribution is 9.10. The fraction of sp³-hybridized carbons (Fsp3) is 0.212. The van der Waals surface area contributed by atoms with Crippen LogP contribution < -0.4 is 9.62 Å². The quantitative estimate of drug-likeness (QED) is 0.160. The topological polar surface area (TPSA) is 86.8 Å². The van der Waals surface area contributed by atoms with Crippen LogP contribution in [-0.4, -0.2) is 44.3 Å². The molecule has 0 aliphatic heterocycles. The smallest absolute Gasteiger partial charge is 0.264 e. The van der Waals surface area contributed by atoms with Gasteiger partial charge >= 0.3 is 0 Å². The second kappa shape index (κ2) is 15.6. The molecule has 0 unspecified atom stereocenters. The first-order chi connectivity index (χ1) is 21.1. The molecule has 2 amide bonds. The monoisotopic (exact) mass is 715 g/mol. The van der Waals surface area contributed by atoms with Gasteiger partial charge in [-0.05, 0) is 53.9 Å². The Morgan fingerprint density at radius 2 is 1.50 bits per heavy atom. The zero-order valence-corrected chi connectivity index (χ0v) is 27.9. The van der Waals surface area contributed by atoms with Gasteiger partial charge in [-0.1, -0.05) is 113 Å². The van der Waals surface area contributed by atoms with Gasteiger partial charge in [0.25, 0.3) is 10.0 Å². The van der Waals surface area contributed by atoms with Crippen molar-refractivity contribution < 1.29 is 18.0 Å². The lowest BCUT2D eigenvalue weighted by Crippen LogP contribution is -2.53. The van der Waals surface area contributed by atoms with Crippen molar-refractivity contribution in [2.45, 2.75) is 37.2 Å². The van der Waals surface area contributed by atoms with Gasteiger partial charge in [0.1, 0.15) is 12.6 Å². The summed E-state index contributed by atoms with van der Waals surface area (Å²) in [4.78, 5) is 29.6. The molecule has 230 valence electrons. The van der Waals surface area contributed by atoms with Crippen LogP contribution >= 0.6 is 39.1 Å². The highest BCUT2D eigenvalue weighted by atomic mass is 79.9. The van der Waals surface area contributed by atoms with E-state index in [1.807, 2.05) is 61.5 Å². The molecule has 0 saturated heterocycles. The maximum absolute atomic E-state index is 14.5. The summed E-state index contributed by atoms with van der Waals surface area (Å²) >= 11 is 16.3. The molecule has 0 aromatic heterocycles. The molecule has 4 aromatic rings. The molecular formula is C33H32BrCl2N3O4S. The lowest BCUT2D eigenvalue weighted by molar-refractivity contribution is -0.140. The van der Waals surface area contributed by atoms with E-state index in [9.17, 15) is 18.0 Å². The number of carbonyl (C=O) groups is 2. The number of nitrogens with zero attached hydrogens (tertiary/aromatic N) is 2. The maximum atomic E-state index is 14.5. The van der Waals surface area contributed by atoms with E-state index in [0.717, 1.165) is 19.9 Å². The van der Waals surface area contributed by atoms with Gasteiger partial charge in [-0.25, -0.2) is 8.42 Å². The molecule has 0 spiro atoms. The highest BCUT2D eigenvalue weighted by Gasteiger charge is 2.35. The number of hydrogen-bond donors (Lipinski definition) is 1. The van der Waals surface area contributed by atoms with E-state index in [1.165, 1.54) is 29.2 Å². The molecule has 1 atom stereocenters.